The van der Waals surface area contributed by atoms with Crippen molar-refractivity contribution < 1.29 is 26.3 Å². The minimum absolute atomic E-state index is 0. The zero-order valence-electron chi connectivity index (χ0n) is 12.1. The molecule has 0 radical (unpaired) electrons. The van der Waals surface area contributed by atoms with Crippen molar-refractivity contribution in [3.8, 4) is 0 Å². The predicted molar refractivity (Wildman–Crippen MR) is 71.2 cm³/mol. The van der Waals surface area contributed by atoms with Crippen LogP contribution in [0.25, 0.3) is 0 Å². The number of rotatable bonds is 2. The number of nitrogens with one attached hydrogen (secondary N) is 1. The Morgan fingerprint density at radius 3 is 1.76 bits per heavy atom. The molecule has 0 atom stereocenters. The number of esters is 1. The molecule has 6 heteroatoms. The molecule has 0 aromatic rings. The van der Waals surface area contributed by atoms with Gasteiger partial charge in [-0.05, 0) is 34.9 Å². The number of hydrogen-bond acceptors (Lipinski definition) is 5. The number of aliphatic hydroxyl groups excluding tert-OH is 1. The molecule has 17 heavy (non-hydrogen) atoms. The molecular formula is C11H31NO5. The lowest BCUT2D eigenvalue weighted by Crippen LogP contribution is -2.24. The summed E-state index contributed by atoms with van der Waals surface area (Å²) in [6.07, 6.45) is 0.0806. The lowest BCUT2D eigenvalue weighted by molar-refractivity contribution is -0.155. The molecule has 0 aromatic heterocycles. The molecule has 0 heterocycles. The van der Waals surface area contributed by atoms with E-state index >= 15 is 0 Å². The number of methoxy groups -OCH3 is 1. The van der Waals surface area contributed by atoms with Gasteiger partial charge in [-0.2, -0.15) is 0 Å². The molecule has 0 saturated carbocycles. The van der Waals surface area contributed by atoms with Crippen molar-refractivity contribution in [3.05, 3.63) is 0 Å². The van der Waals surface area contributed by atoms with Crippen LogP contribution in [0, 0.1) is 0 Å². The second-order valence-electron chi connectivity index (χ2n) is 3.97. The van der Waals surface area contributed by atoms with Gasteiger partial charge >= 0.3 is 5.97 Å². The first-order valence-corrected chi connectivity index (χ1v) is 5.10. The van der Waals surface area contributed by atoms with E-state index in [0.29, 0.717) is 0 Å². The van der Waals surface area contributed by atoms with Crippen LogP contribution in [0.2, 0.25) is 0 Å². The average Bonchev–Trinajstić information content (AvgIpc) is 2.03. The van der Waals surface area contributed by atoms with E-state index in [1.165, 1.54) is 0 Å². The smallest absolute Gasteiger partial charge is 0.308 e. The van der Waals surface area contributed by atoms with E-state index in [1.54, 1.807) is 35.0 Å². The van der Waals surface area contributed by atoms with E-state index in [1.807, 2.05) is 14.1 Å². The van der Waals surface area contributed by atoms with Crippen molar-refractivity contribution in [2.24, 2.45) is 0 Å². The summed E-state index contributed by atoms with van der Waals surface area (Å²) in [4.78, 5) is 10.7. The highest BCUT2D eigenvalue weighted by atomic mass is 16.6. The van der Waals surface area contributed by atoms with Crippen molar-refractivity contribution in [1.29, 1.82) is 0 Å². The molecule has 0 saturated heterocycles. The molecule has 0 fully saturated rings. The molecule has 0 amide bonds. The third-order valence-corrected chi connectivity index (χ3v) is 0.736. The fourth-order valence-corrected chi connectivity index (χ4v) is 0.484. The third kappa shape index (κ3) is 50.8. The Hall–Kier alpha value is -0.690. The van der Waals surface area contributed by atoms with Crippen molar-refractivity contribution >= 4 is 5.97 Å². The van der Waals surface area contributed by atoms with Gasteiger partial charge in [0.25, 0.3) is 0 Å². The fraction of sp³-hybridized carbons (Fsp3) is 0.909. The van der Waals surface area contributed by atoms with Gasteiger partial charge in [0.1, 0.15) is 5.60 Å². The van der Waals surface area contributed by atoms with E-state index < -0.39 is 5.60 Å². The van der Waals surface area contributed by atoms with Crippen molar-refractivity contribution in [2.45, 2.75) is 32.8 Å². The second-order valence-corrected chi connectivity index (χ2v) is 3.97. The molecule has 0 bridgehead atoms. The SMILES string of the molecule is CC(C)(C)OC(=O)CCO.CNC.COC.O.[HH]. The summed E-state index contributed by atoms with van der Waals surface area (Å²) < 4.78 is 9.13. The Balaban J connectivity index is -0.0000000603. The Labute approximate surface area is 106 Å². The molecule has 0 spiro atoms. The normalized spacial score (nSPS) is 8.71. The maximum absolute atomic E-state index is 10.7. The van der Waals surface area contributed by atoms with E-state index in [4.69, 9.17) is 9.84 Å². The molecule has 0 rings (SSSR count). The van der Waals surface area contributed by atoms with Gasteiger partial charge in [-0.3, -0.25) is 4.79 Å². The zero-order valence-corrected chi connectivity index (χ0v) is 12.1. The van der Waals surface area contributed by atoms with Gasteiger partial charge in [0.2, 0.25) is 0 Å². The summed E-state index contributed by atoms with van der Waals surface area (Å²) in [6, 6.07) is 0. The van der Waals surface area contributed by atoms with E-state index in [0.717, 1.165) is 0 Å². The van der Waals surface area contributed by atoms with Crippen LogP contribution in [0.4, 0.5) is 0 Å². The molecule has 6 nitrogen and oxygen atoms in total. The topological polar surface area (TPSA) is 99.3 Å². The Morgan fingerprint density at radius 2 is 1.59 bits per heavy atom. The van der Waals surface area contributed by atoms with E-state index in [-0.39, 0.29) is 25.9 Å². The number of carbonyl (C=O) groups is 1. The number of aliphatic hydroxyl groups is 1. The van der Waals surface area contributed by atoms with Crippen LogP contribution >= 0.6 is 0 Å². The van der Waals surface area contributed by atoms with Crippen LogP contribution in [-0.4, -0.2) is 57.1 Å². The highest BCUT2D eigenvalue weighted by Crippen LogP contribution is 2.07. The van der Waals surface area contributed by atoms with Crippen molar-refractivity contribution in [1.82, 2.24) is 5.32 Å². The fourth-order valence-electron chi connectivity index (χ4n) is 0.484. The molecule has 0 aliphatic heterocycles. The predicted octanol–water partition coefficient (Wildman–Crippen LogP) is 0.230. The first-order chi connectivity index (χ1) is 7.28. The molecular weight excluding hydrogens is 226 g/mol. The number of carbonyl (C=O) groups excluding carboxylic acids is 1. The number of hydrogen-bond donors (Lipinski definition) is 2. The van der Waals surface area contributed by atoms with Crippen molar-refractivity contribution in [2.75, 3.05) is 34.9 Å². The van der Waals surface area contributed by atoms with Gasteiger partial charge in [-0.1, -0.05) is 0 Å². The minimum Gasteiger partial charge on any atom is -0.460 e. The average molecular weight is 257 g/mol. The summed E-state index contributed by atoms with van der Waals surface area (Å²) in [7, 11) is 7.00. The summed E-state index contributed by atoms with van der Waals surface area (Å²) in [5, 5.41) is 11.1. The summed E-state index contributed by atoms with van der Waals surface area (Å²) in [5.74, 6) is -0.352. The monoisotopic (exact) mass is 257 g/mol. The summed E-state index contributed by atoms with van der Waals surface area (Å²) in [5.41, 5.74) is -0.438. The van der Waals surface area contributed by atoms with Crippen LogP contribution in [-0.2, 0) is 14.3 Å². The highest BCUT2D eigenvalue weighted by molar-refractivity contribution is 5.69. The summed E-state index contributed by atoms with van der Waals surface area (Å²) >= 11 is 0. The molecule has 110 valence electrons. The molecule has 0 unspecified atom stereocenters. The lowest BCUT2D eigenvalue weighted by atomic mass is 10.2. The van der Waals surface area contributed by atoms with Gasteiger partial charge < -0.3 is 25.4 Å². The molecule has 0 aromatic carbocycles. The second kappa shape index (κ2) is 17.7. The zero-order chi connectivity index (χ0) is 13.6. The lowest BCUT2D eigenvalue weighted by Gasteiger charge is -2.18. The molecule has 4 N–H and O–H groups in total. The van der Waals surface area contributed by atoms with Crippen LogP contribution in [0.15, 0.2) is 0 Å². The van der Waals surface area contributed by atoms with Gasteiger partial charge in [0, 0.05) is 15.6 Å². The van der Waals surface area contributed by atoms with Gasteiger partial charge in [0.05, 0.1) is 13.0 Å². The van der Waals surface area contributed by atoms with Crippen LogP contribution in [0.5, 0.6) is 0 Å². The van der Waals surface area contributed by atoms with E-state index in [9.17, 15) is 4.79 Å². The first kappa shape index (κ1) is 25.2. The molecule has 0 aliphatic rings. The van der Waals surface area contributed by atoms with Gasteiger partial charge in [-0.25, -0.2) is 0 Å². The quantitative estimate of drug-likeness (QED) is 0.690. The Bertz CT molecular complexity index is 149. The van der Waals surface area contributed by atoms with Gasteiger partial charge in [0.15, 0.2) is 0 Å². The maximum atomic E-state index is 10.7. The molecule has 0 aliphatic carbocycles. The Morgan fingerprint density at radius 1 is 1.29 bits per heavy atom. The maximum Gasteiger partial charge on any atom is 0.308 e. The highest BCUT2D eigenvalue weighted by Gasteiger charge is 2.14. The number of ether oxygens (including phenoxy) is 2. The van der Waals surface area contributed by atoms with E-state index in [2.05, 4.69) is 10.1 Å². The first-order valence-electron chi connectivity index (χ1n) is 5.10. The van der Waals surface area contributed by atoms with Crippen LogP contribution < -0.4 is 5.32 Å². The standard InChI is InChI=1S/C7H14O3.C2H7N.C2H6O.H2O.H2/c1-7(2,3)10-6(9)4-5-8;2*1-3-2;;/h8H,4-5H2,1-3H3;3H,1-2H3;1-2H3;1H2;1H. The van der Waals surface area contributed by atoms with Crippen LogP contribution in [0.3, 0.4) is 0 Å². The largest absolute Gasteiger partial charge is 0.460 e. The third-order valence-electron chi connectivity index (χ3n) is 0.736. The van der Waals surface area contributed by atoms with Crippen molar-refractivity contribution in [3.63, 3.8) is 0 Å². The van der Waals surface area contributed by atoms with Crippen LogP contribution in [0.1, 0.15) is 28.6 Å². The minimum atomic E-state index is -0.438. The summed E-state index contributed by atoms with van der Waals surface area (Å²) in [6.45, 7) is 5.24. The Kier molecular flexibility index (Phi) is 26.3. The van der Waals surface area contributed by atoms with Gasteiger partial charge in [-0.15, -0.1) is 0 Å².